The molecule has 1 aromatic carbocycles. The van der Waals surface area contributed by atoms with Gasteiger partial charge in [0.05, 0.1) is 6.61 Å². The molecule has 94 valence electrons. The SMILES string of the molecule is Cc1cc(N(CCO)c2ccccc2)nc(N)n1. The fourth-order valence-electron chi connectivity index (χ4n) is 1.80. The van der Waals surface area contributed by atoms with E-state index in [0.717, 1.165) is 11.4 Å². The van der Waals surface area contributed by atoms with Gasteiger partial charge in [-0.2, -0.15) is 4.98 Å². The highest BCUT2D eigenvalue weighted by atomic mass is 16.3. The van der Waals surface area contributed by atoms with Gasteiger partial charge in [0, 0.05) is 24.0 Å². The number of anilines is 3. The molecule has 0 radical (unpaired) electrons. The Bertz CT molecular complexity index is 495. The van der Waals surface area contributed by atoms with Crippen LogP contribution in [0.3, 0.4) is 0 Å². The van der Waals surface area contributed by atoms with E-state index in [9.17, 15) is 5.11 Å². The second-order valence-corrected chi connectivity index (χ2v) is 3.94. The molecule has 0 aliphatic heterocycles. The molecule has 0 saturated heterocycles. The average molecular weight is 244 g/mol. The lowest BCUT2D eigenvalue weighted by Crippen LogP contribution is -2.22. The number of hydrogen-bond acceptors (Lipinski definition) is 5. The highest BCUT2D eigenvalue weighted by Gasteiger charge is 2.11. The Morgan fingerprint density at radius 2 is 1.94 bits per heavy atom. The number of aliphatic hydroxyl groups excluding tert-OH is 1. The Morgan fingerprint density at radius 3 is 2.56 bits per heavy atom. The van der Waals surface area contributed by atoms with Gasteiger partial charge in [-0.1, -0.05) is 18.2 Å². The molecular weight excluding hydrogens is 228 g/mol. The number of nitrogens with two attached hydrogens (primary N) is 1. The summed E-state index contributed by atoms with van der Waals surface area (Å²) in [6, 6.07) is 11.6. The first-order valence-corrected chi connectivity index (χ1v) is 5.75. The van der Waals surface area contributed by atoms with E-state index in [1.54, 1.807) is 0 Å². The molecule has 0 saturated carbocycles. The maximum atomic E-state index is 9.18. The van der Waals surface area contributed by atoms with Gasteiger partial charge in [-0.05, 0) is 19.1 Å². The van der Waals surface area contributed by atoms with Crippen LogP contribution in [0.25, 0.3) is 0 Å². The fourth-order valence-corrected chi connectivity index (χ4v) is 1.80. The summed E-state index contributed by atoms with van der Waals surface area (Å²) in [4.78, 5) is 10.2. The summed E-state index contributed by atoms with van der Waals surface area (Å²) >= 11 is 0. The summed E-state index contributed by atoms with van der Waals surface area (Å²) in [6.45, 7) is 2.36. The maximum absolute atomic E-state index is 9.18. The van der Waals surface area contributed by atoms with Crippen molar-refractivity contribution < 1.29 is 5.11 Å². The topological polar surface area (TPSA) is 75.3 Å². The quantitative estimate of drug-likeness (QED) is 0.852. The van der Waals surface area contributed by atoms with Gasteiger partial charge < -0.3 is 15.7 Å². The van der Waals surface area contributed by atoms with Crippen LogP contribution in [0, 0.1) is 6.92 Å². The van der Waals surface area contributed by atoms with Crippen molar-refractivity contribution in [3.05, 3.63) is 42.1 Å². The monoisotopic (exact) mass is 244 g/mol. The highest BCUT2D eigenvalue weighted by Crippen LogP contribution is 2.23. The summed E-state index contributed by atoms with van der Waals surface area (Å²) in [5.74, 6) is 0.934. The van der Waals surface area contributed by atoms with E-state index in [-0.39, 0.29) is 12.6 Å². The largest absolute Gasteiger partial charge is 0.395 e. The van der Waals surface area contributed by atoms with Gasteiger partial charge in [-0.3, -0.25) is 0 Å². The molecule has 2 rings (SSSR count). The Balaban J connectivity index is 2.41. The van der Waals surface area contributed by atoms with Crippen LogP contribution >= 0.6 is 0 Å². The van der Waals surface area contributed by atoms with Gasteiger partial charge in [0.25, 0.3) is 0 Å². The zero-order chi connectivity index (χ0) is 13.0. The molecular formula is C13H16N4O. The van der Waals surface area contributed by atoms with Crippen LogP contribution in [-0.4, -0.2) is 28.2 Å². The van der Waals surface area contributed by atoms with Crippen molar-refractivity contribution in [1.82, 2.24) is 9.97 Å². The number of aryl methyl sites for hydroxylation is 1. The van der Waals surface area contributed by atoms with Gasteiger partial charge in [-0.25, -0.2) is 4.98 Å². The normalized spacial score (nSPS) is 10.3. The van der Waals surface area contributed by atoms with Gasteiger partial charge >= 0.3 is 0 Å². The third kappa shape index (κ3) is 2.75. The molecule has 5 heteroatoms. The van der Waals surface area contributed by atoms with E-state index in [0.29, 0.717) is 12.4 Å². The summed E-state index contributed by atoms with van der Waals surface area (Å²) in [6.07, 6.45) is 0. The Kier molecular flexibility index (Phi) is 3.74. The lowest BCUT2D eigenvalue weighted by Gasteiger charge is -2.23. The van der Waals surface area contributed by atoms with Crippen molar-refractivity contribution in [3.8, 4) is 0 Å². The summed E-state index contributed by atoms with van der Waals surface area (Å²) < 4.78 is 0. The predicted molar refractivity (Wildman–Crippen MR) is 71.7 cm³/mol. The molecule has 0 aliphatic rings. The Morgan fingerprint density at radius 1 is 1.22 bits per heavy atom. The number of nitrogens with zero attached hydrogens (tertiary/aromatic N) is 3. The third-order valence-electron chi connectivity index (χ3n) is 2.53. The second kappa shape index (κ2) is 5.46. The molecule has 0 aliphatic carbocycles. The van der Waals surface area contributed by atoms with Crippen LogP contribution < -0.4 is 10.6 Å². The predicted octanol–water partition coefficient (Wildman–Crippen LogP) is 1.50. The summed E-state index contributed by atoms with van der Waals surface area (Å²) in [5.41, 5.74) is 7.42. The van der Waals surface area contributed by atoms with Crippen molar-refractivity contribution in [1.29, 1.82) is 0 Å². The van der Waals surface area contributed by atoms with Crippen LogP contribution in [0.4, 0.5) is 17.5 Å². The molecule has 5 nitrogen and oxygen atoms in total. The first-order chi connectivity index (χ1) is 8.70. The van der Waals surface area contributed by atoms with Gasteiger partial charge in [-0.15, -0.1) is 0 Å². The fraction of sp³-hybridized carbons (Fsp3) is 0.231. The first-order valence-electron chi connectivity index (χ1n) is 5.75. The number of para-hydroxylation sites is 1. The first kappa shape index (κ1) is 12.3. The number of aromatic nitrogens is 2. The maximum Gasteiger partial charge on any atom is 0.222 e. The van der Waals surface area contributed by atoms with Gasteiger partial charge in [0.1, 0.15) is 5.82 Å². The number of nitrogen functional groups attached to an aromatic ring is 1. The Labute approximate surface area is 106 Å². The minimum atomic E-state index is 0.0395. The van der Waals surface area contributed by atoms with E-state index in [1.807, 2.05) is 48.2 Å². The van der Waals surface area contributed by atoms with Crippen LogP contribution in [-0.2, 0) is 0 Å². The summed E-state index contributed by atoms with van der Waals surface area (Å²) in [7, 11) is 0. The van der Waals surface area contributed by atoms with E-state index in [4.69, 9.17) is 5.73 Å². The lowest BCUT2D eigenvalue weighted by molar-refractivity contribution is 0.305. The summed E-state index contributed by atoms with van der Waals surface area (Å²) in [5, 5.41) is 9.18. The number of hydrogen-bond donors (Lipinski definition) is 2. The minimum absolute atomic E-state index is 0.0395. The molecule has 1 aromatic heterocycles. The van der Waals surface area contributed by atoms with Crippen molar-refractivity contribution in [2.24, 2.45) is 0 Å². The molecule has 0 unspecified atom stereocenters. The number of rotatable bonds is 4. The molecule has 0 amide bonds. The van der Waals surface area contributed by atoms with E-state index in [2.05, 4.69) is 9.97 Å². The Hall–Kier alpha value is -2.14. The van der Waals surface area contributed by atoms with Gasteiger partial charge in [0.15, 0.2) is 0 Å². The molecule has 0 bridgehead atoms. The van der Waals surface area contributed by atoms with Crippen molar-refractivity contribution >= 4 is 17.5 Å². The van der Waals surface area contributed by atoms with E-state index < -0.39 is 0 Å². The molecule has 0 atom stereocenters. The molecule has 0 fully saturated rings. The van der Waals surface area contributed by atoms with E-state index >= 15 is 0 Å². The third-order valence-corrected chi connectivity index (χ3v) is 2.53. The van der Waals surface area contributed by atoms with Crippen LogP contribution in [0.2, 0.25) is 0 Å². The molecule has 3 N–H and O–H groups in total. The molecule has 18 heavy (non-hydrogen) atoms. The number of benzene rings is 1. The second-order valence-electron chi connectivity index (χ2n) is 3.94. The zero-order valence-corrected chi connectivity index (χ0v) is 10.2. The van der Waals surface area contributed by atoms with E-state index in [1.165, 1.54) is 0 Å². The van der Waals surface area contributed by atoms with Crippen LogP contribution in [0.5, 0.6) is 0 Å². The molecule has 0 spiro atoms. The van der Waals surface area contributed by atoms with Crippen LogP contribution in [0.15, 0.2) is 36.4 Å². The van der Waals surface area contributed by atoms with Crippen molar-refractivity contribution in [3.63, 3.8) is 0 Å². The van der Waals surface area contributed by atoms with Crippen LogP contribution in [0.1, 0.15) is 5.69 Å². The number of aliphatic hydroxyl groups is 1. The van der Waals surface area contributed by atoms with Gasteiger partial charge in [0.2, 0.25) is 5.95 Å². The average Bonchev–Trinajstić information content (AvgIpc) is 2.36. The smallest absolute Gasteiger partial charge is 0.222 e. The minimum Gasteiger partial charge on any atom is -0.395 e. The highest BCUT2D eigenvalue weighted by molar-refractivity contribution is 5.60. The standard InChI is InChI=1S/C13H16N4O/c1-10-9-12(16-13(14)15-10)17(7-8-18)11-5-3-2-4-6-11/h2-6,9,18H,7-8H2,1H3,(H2,14,15,16). The molecule has 2 aromatic rings. The van der Waals surface area contributed by atoms with Crippen molar-refractivity contribution in [2.75, 3.05) is 23.8 Å². The molecule has 1 heterocycles. The zero-order valence-electron chi connectivity index (χ0n) is 10.2. The lowest BCUT2D eigenvalue weighted by atomic mass is 10.2. The van der Waals surface area contributed by atoms with Crippen molar-refractivity contribution in [2.45, 2.75) is 6.92 Å².